The van der Waals surface area contributed by atoms with Crippen molar-refractivity contribution in [3.8, 4) is 0 Å². The number of rotatable bonds is 8. The van der Waals surface area contributed by atoms with Gasteiger partial charge in [0.15, 0.2) is 0 Å². The largest absolute Gasteiger partial charge is 0.377 e. The summed E-state index contributed by atoms with van der Waals surface area (Å²) in [5, 5.41) is 0. The van der Waals surface area contributed by atoms with Gasteiger partial charge in [-0.1, -0.05) is 0 Å². The van der Waals surface area contributed by atoms with Gasteiger partial charge in [0.25, 0.3) is 0 Å². The van der Waals surface area contributed by atoms with E-state index in [2.05, 4.69) is 18.1 Å². The summed E-state index contributed by atoms with van der Waals surface area (Å²) in [5.41, 5.74) is 5.92. The SMILES string of the molecule is CCOC1CCCN(C(CN)CCCSC)C1. The summed E-state index contributed by atoms with van der Waals surface area (Å²) < 4.78 is 5.75. The van der Waals surface area contributed by atoms with E-state index in [9.17, 15) is 0 Å². The van der Waals surface area contributed by atoms with Crippen molar-refractivity contribution in [3.63, 3.8) is 0 Å². The van der Waals surface area contributed by atoms with Crippen molar-refractivity contribution in [2.45, 2.75) is 44.8 Å². The van der Waals surface area contributed by atoms with E-state index in [0.717, 1.165) is 19.7 Å². The van der Waals surface area contributed by atoms with E-state index in [-0.39, 0.29) is 0 Å². The van der Waals surface area contributed by atoms with Crippen LogP contribution in [0.25, 0.3) is 0 Å². The summed E-state index contributed by atoms with van der Waals surface area (Å²) in [5.74, 6) is 1.25. The van der Waals surface area contributed by atoms with Crippen LogP contribution in [0.2, 0.25) is 0 Å². The number of nitrogens with zero attached hydrogens (tertiary/aromatic N) is 1. The second-order valence-corrected chi connectivity index (χ2v) is 5.72. The van der Waals surface area contributed by atoms with E-state index in [1.54, 1.807) is 0 Å². The second-order valence-electron chi connectivity index (χ2n) is 4.74. The molecule has 1 aliphatic rings. The first-order chi connectivity index (χ1) is 8.31. The highest BCUT2D eigenvalue weighted by atomic mass is 32.2. The molecule has 2 unspecified atom stereocenters. The Kier molecular flexibility index (Phi) is 8.27. The molecule has 0 saturated carbocycles. The van der Waals surface area contributed by atoms with E-state index in [4.69, 9.17) is 10.5 Å². The van der Waals surface area contributed by atoms with Crippen LogP contribution in [0, 0.1) is 0 Å². The van der Waals surface area contributed by atoms with Gasteiger partial charge in [-0.3, -0.25) is 4.90 Å². The zero-order valence-corrected chi connectivity index (χ0v) is 12.2. The van der Waals surface area contributed by atoms with Gasteiger partial charge in [-0.05, 0) is 51.2 Å². The van der Waals surface area contributed by atoms with Crippen LogP contribution in [0.1, 0.15) is 32.6 Å². The van der Waals surface area contributed by atoms with Crippen LogP contribution < -0.4 is 5.73 Å². The molecular formula is C13H28N2OS. The predicted molar refractivity (Wildman–Crippen MR) is 76.7 cm³/mol. The van der Waals surface area contributed by atoms with Crippen LogP contribution in [-0.4, -0.2) is 55.3 Å². The Morgan fingerprint density at radius 3 is 3.00 bits per heavy atom. The topological polar surface area (TPSA) is 38.5 Å². The van der Waals surface area contributed by atoms with E-state index in [1.165, 1.54) is 38.0 Å². The Hall–Kier alpha value is 0.230. The molecule has 0 bridgehead atoms. The molecule has 0 spiro atoms. The number of hydrogen-bond acceptors (Lipinski definition) is 4. The van der Waals surface area contributed by atoms with E-state index >= 15 is 0 Å². The lowest BCUT2D eigenvalue weighted by atomic mass is 10.0. The van der Waals surface area contributed by atoms with E-state index in [0.29, 0.717) is 12.1 Å². The molecule has 102 valence electrons. The van der Waals surface area contributed by atoms with Crippen LogP contribution in [0.3, 0.4) is 0 Å². The van der Waals surface area contributed by atoms with Gasteiger partial charge in [-0.2, -0.15) is 11.8 Å². The molecule has 0 aromatic heterocycles. The summed E-state index contributed by atoms with van der Waals surface area (Å²) in [6.45, 7) is 5.98. The van der Waals surface area contributed by atoms with Gasteiger partial charge in [0.2, 0.25) is 0 Å². The molecule has 3 nitrogen and oxygen atoms in total. The van der Waals surface area contributed by atoms with Gasteiger partial charge in [-0.15, -0.1) is 0 Å². The van der Waals surface area contributed by atoms with Crippen molar-refractivity contribution in [3.05, 3.63) is 0 Å². The lowest BCUT2D eigenvalue weighted by molar-refractivity contribution is -0.00729. The average molecular weight is 260 g/mol. The maximum absolute atomic E-state index is 5.92. The van der Waals surface area contributed by atoms with Crippen molar-refractivity contribution in [2.75, 3.05) is 38.2 Å². The van der Waals surface area contributed by atoms with Crippen LogP contribution >= 0.6 is 11.8 Å². The number of ether oxygens (including phenoxy) is 1. The monoisotopic (exact) mass is 260 g/mol. The number of likely N-dealkylation sites (tertiary alicyclic amines) is 1. The van der Waals surface area contributed by atoms with Crippen molar-refractivity contribution in [2.24, 2.45) is 5.73 Å². The third-order valence-corrected chi connectivity index (χ3v) is 4.18. The van der Waals surface area contributed by atoms with Crippen LogP contribution in [0.5, 0.6) is 0 Å². The quantitative estimate of drug-likeness (QED) is 0.677. The van der Waals surface area contributed by atoms with Gasteiger partial charge in [0.05, 0.1) is 6.10 Å². The fourth-order valence-corrected chi connectivity index (χ4v) is 3.04. The molecule has 2 atom stereocenters. The third kappa shape index (κ3) is 5.60. The lowest BCUT2D eigenvalue weighted by Gasteiger charge is -2.37. The Labute approximate surface area is 110 Å². The second kappa shape index (κ2) is 9.20. The summed E-state index contributed by atoms with van der Waals surface area (Å²) in [6.07, 6.45) is 7.58. The fourth-order valence-electron chi connectivity index (χ4n) is 2.58. The van der Waals surface area contributed by atoms with Crippen LogP contribution in [0.4, 0.5) is 0 Å². The van der Waals surface area contributed by atoms with E-state index < -0.39 is 0 Å². The van der Waals surface area contributed by atoms with Crippen molar-refractivity contribution in [1.29, 1.82) is 0 Å². The first-order valence-electron chi connectivity index (χ1n) is 6.86. The van der Waals surface area contributed by atoms with Crippen LogP contribution in [0.15, 0.2) is 0 Å². The van der Waals surface area contributed by atoms with Gasteiger partial charge >= 0.3 is 0 Å². The van der Waals surface area contributed by atoms with Crippen molar-refractivity contribution in [1.82, 2.24) is 4.90 Å². The van der Waals surface area contributed by atoms with Gasteiger partial charge in [-0.25, -0.2) is 0 Å². The van der Waals surface area contributed by atoms with Crippen LogP contribution in [-0.2, 0) is 4.74 Å². The average Bonchev–Trinajstić information content (AvgIpc) is 2.35. The Bertz CT molecular complexity index is 190. The maximum atomic E-state index is 5.92. The molecule has 2 N–H and O–H groups in total. The molecular weight excluding hydrogens is 232 g/mol. The highest BCUT2D eigenvalue weighted by molar-refractivity contribution is 7.98. The van der Waals surface area contributed by atoms with Gasteiger partial charge < -0.3 is 10.5 Å². The Morgan fingerprint density at radius 1 is 1.53 bits per heavy atom. The molecule has 0 radical (unpaired) electrons. The van der Waals surface area contributed by atoms with Crippen molar-refractivity contribution < 1.29 is 4.74 Å². The minimum atomic E-state index is 0.434. The number of piperidine rings is 1. The predicted octanol–water partition coefficient (Wildman–Crippen LogP) is 1.96. The molecule has 4 heteroatoms. The fraction of sp³-hybridized carbons (Fsp3) is 1.00. The Balaban J connectivity index is 2.33. The zero-order chi connectivity index (χ0) is 12.5. The van der Waals surface area contributed by atoms with Crippen molar-refractivity contribution >= 4 is 11.8 Å². The molecule has 1 fully saturated rings. The number of nitrogens with two attached hydrogens (primary N) is 1. The summed E-state index contributed by atoms with van der Waals surface area (Å²) in [4.78, 5) is 2.55. The zero-order valence-electron chi connectivity index (χ0n) is 11.4. The molecule has 0 amide bonds. The first-order valence-corrected chi connectivity index (χ1v) is 8.25. The van der Waals surface area contributed by atoms with E-state index in [1.807, 2.05) is 11.8 Å². The summed E-state index contributed by atoms with van der Waals surface area (Å²) in [6, 6.07) is 0.561. The number of hydrogen-bond donors (Lipinski definition) is 1. The highest BCUT2D eigenvalue weighted by Crippen LogP contribution is 2.18. The minimum Gasteiger partial charge on any atom is -0.377 e. The van der Waals surface area contributed by atoms with Gasteiger partial charge in [0.1, 0.15) is 0 Å². The molecule has 0 aromatic rings. The third-order valence-electron chi connectivity index (χ3n) is 3.49. The molecule has 0 aromatic carbocycles. The molecule has 0 aliphatic carbocycles. The maximum Gasteiger partial charge on any atom is 0.0702 e. The minimum absolute atomic E-state index is 0.434. The normalized spacial score (nSPS) is 23.8. The molecule has 1 saturated heterocycles. The lowest BCUT2D eigenvalue weighted by Crippen LogP contribution is -2.48. The first kappa shape index (κ1) is 15.3. The molecule has 17 heavy (non-hydrogen) atoms. The molecule has 1 heterocycles. The summed E-state index contributed by atoms with van der Waals surface area (Å²) >= 11 is 1.93. The smallest absolute Gasteiger partial charge is 0.0702 e. The highest BCUT2D eigenvalue weighted by Gasteiger charge is 2.24. The molecule has 1 aliphatic heterocycles. The molecule has 1 rings (SSSR count). The Morgan fingerprint density at radius 2 is 2.35 bits per heavy atom. The number of thioether (sulfide) groups is 1. The van der Waals surface area contributed by atoms with Gasteiger partial charge in [0, 0.05) is 25.7 Å². The standard InChI is InChI=1S/C13H28N2OS/c1-3-16-13-7-4-8-15(11-13)12(10-14)6-5-9-17-2/h12-13H,3-11,14H2,1-2H3. The summed E-state index contributed by atoms with van der Waals surface area (Å²) in [7, 11) is 0.